The number of hydrogen-bond acceptors (Lipinski definition) is 8. The molecular formula is C21H16N4O4. The van der Waals surface area contributed by atoms with Crippen LogP contribution in [0, 0.1) is 0 Å². The number of nitrogens with zero attached hydrogens (tertiary/aromatic N) is 3. The summed E-state index contributed by atoms with van der Waals surface area (Å²) in [6.07, 6.45) is 2.98. The molecule has 0 atom stereocenters. The lowest BCUT2D eigenvalue weighted by Gasteiger charge is -2.12. The number of methoxy groups -OCH3 is 1. The van der Waals surface area contributed by atoms with E-state index in [9.17, 15) is 4.79 Å². The summed E-state index contributed by atoms with van der Waals surface area (Å²) < 4.78 is 16.3. The molecule has 2 N–H and O–H groups in total. The molecule has 0 radical (unpaired) electrons. The van der Waals surface area contributed by atoms with Gasteiger partial charge in [-0.25, -0.2) is 4.79 Å². The summed E-state index contributed by atoms with van der Waals surface area (Å²) in [5, 5.41) is 0.930. The van der Waals surface area contributed by atoms with E-state index in [4.69, 9.17) is 15.2 Å². The second-order valence-electron chi connectivity index (χ2n) is 5.95. The SMILES string of the molecule is COC(=O)c1ccc(Oc2ncnc(Oc3cccc4cccnc34)c2N)cc1. The van der Waals surface area contributed by atoms with Crippen molar-refractivity contribution in [1.82, 2.24) is 15.0 Å². The van der Waals surface area contributed by atoms with Gasteiger partial charge in [0, 0.05) is 11.6 Å². The van der Waals surface area contributed by atoms with Crippen LogP contribution in [0.15, 0.2) is 67.1 Å². The van der Waals surface area contributed by atoms with Crippen LogP contribution < -0.4 is 15.2 Å². The average molecular weight is 388 g/mol. The minimum Gasteiger partial charge on any atom is -0.465 e. The van der Waals surface area contributed by atoms with Crippen molar-refractivity contribution in [2.75, 3.05) is 12.8 Å². The lowest BCUT2D eigenvalue weighted by Crippen LogP contribution is -2.02. The molecule has 2 heterocycles. The van der Waals surface area contributed by atoms with Crippen molar-refractivity contribution in [3.63, 3.8) is 0 Å². The van der Waals surface area contributed by atoms with E-state index in [0.717, 1.165) is 5.39 Å². The molecule has 2 aromatic heterocycles. The fourth-order valence-corrected chi connectivity index (χ4v) is 2.68. The van der Waals surface area contributed by atoms with Crippen LogP contribution in [0.2, 0.25) is 0 Å². The Morgan fingerprint density at radius 1 is 0.897 bits per heavy atom. The molecule has 0 aliphatic heterocycles. The van der Waals surface area contributed by atoms with E-state index in [0.29, 0.717) is 22.6 Å². The topological polar surface area (TPSA) is 109 Å². The molecule has 8 heteroatoms. The van der Waals surface area contributed by atoms with E-state index in [1.54, 1.807) is 36.5 Å². The first-order chi connectivity index (χ1) is 14.2. The second kappa shape index (κ2) is 7.81. The number of fused-ring (bicyclic) bond motifs is 1. The Bertz CT molecular complexity index is 1170. The molecule has 0 amide bonds. The van der Waals surface area contributed by atoms with Gasteiger partial charge in [-0.05, 0) is 36.4 Å². The van der Waals surface area contributed by atoms with Crippen molar-refractivity contribution >= 4 is 22.6 Å². The van der Waals surface area contributed by atoms with Gasteiger partial charge in [-0.1, -0.05) is 18.2 Å². The van der Waals surface area contributed by atoms with Gasteiger partial charge in [-0.2, -0.15) is 9.97 Å². The minimum atomic E-state index is -0.433. The lowest BCUT2D eigenvalue weighted by molar-refractivity contribution is 0.0600. The van der Waals surface area contributed by atoms with Gasteiger partial charge in [0.25, 0.3) is 0 Å². The highest BCUT2D eigenvalue weighted by atomic mass is 16.5. The smallest absolute Gasteiger partial charge is 0.337 e. The zero-order valence-corrected chi connectivity index (χ0v) is 15.4. The van der Waals surface area contributed by atoms with Gasteiger partial charge in [0.2, 0.25) is 11.8 Å². The van der Waals surface area contributed by atoms with E-state index in [1.807, 2.05) is 24.3 Å². The Labute approximate surface area is 165 Å². The number of aromatic nitrogens is 3. The van der Waals surface area contributed by atoms with Crippen LogP contribution in [0.3, 0.4) is 0 Å². The third-order valence-electron chi connectivity index (χ3n) is 4.10. The van der Waals surface area contributed by atoms with Crippen molar-refractivity contribution in [2.45, 2.75) is 0 Å². The van der Waals surface area contributed by atoms with Gasteiger partial charge in [-0.15, -0.1) is 0 Å². The summed E-state index contributed by atoms with van der Waals surface area (Å²) in [7, 11) is 1.32. The quantitative estimate of drug-likeness (QED) is 0.511. The number of nitrogen functional groups attached to an aromatic ring is 1. The number of para-hydroxylation sites is 1. The van der Waals surface area contributed by atoms with Crippen LogP contribution in [0.25, 0.3) is 10.9 Å². The molecule has 0 saturated heterocycles. The maximum atomic E-state index is 11.5. The zero-order chi connectivity index (χ0) is 20.2. The Hall–Kier alpha value is -4.20. The van der Waals surface area contributed by atoms with Gasteiger partial charge < -0.3 is 19.9 Å². The van der Waals surface area contributed by atoms with Crippen molar-refractivity contribution in [2.24, 2.45) is 0 Å². The first kappa shape index (κ1) is 18.2. The molecule has 0 aliphatic carbocycles. The molecule has 29 heavy (non-hydrogen) atoms. The molecule has 0 unspecified atom stereocenters. The molecule has 4 rings (SSSR count). The van der Waals surface area contributed by atoms with Gasteiger partial charge >= 0.3 is 5.97 Å². The number of rotatable bonds is 5. The molecule has 4 aromatic rings. The fraction of sp³-hybridized carbons (Fsp3) is 0.0476. The number of carbonyl (C=O) groups is 1. The predicted octanol–water partition coefficient (Wildman–Crippen LogP) is 3.98. The Balaban J connectivity index is 1.60. The number of pyridine rings is 1. The molecular weight excluding hydrogens is 372 g/mol. The van der Waals surface area contributed by atoms with Gasteiger partial charge in [-0.3, -0.25) is 4.98 Å². The maximum absolute atomic E-state index is 11.5. The van der Waals surface area contributed by atoms with Crippen molar-refractivity contribution in [3.8, 4) is 23.3 Å². The van der Waals surface area contributed by atoms with Crippen LogP contribution in [0.4, 0.5) is 5.69 Å². The number of benzene rings is 2. The van der Waals surface area contributed by atoms with Crippen LogP contribution in [0.5, 0.6) is 23.3 Å². The second-order valence-corrected chi connectivity index (χ2v) is 5.95. The van der Waals surface area contributed by atoms with E-state index < -0.39 is 5.97 Å². The summed E-state index contributed by atoms with van der Waals surface area (Å²) in [4.78, 5) is 24.0. The largest absolute Gasteiger partial charge is 0.465 e. The summed E-state index contributed by atoms with van der Waals surface area (Å²) in [5.74, 6) is 0.813. The van der Waals surface area contributed by atoms with E-state index in [2.05, 4.69) is 19.7 Å². The van der Waals surface area contributed by atoms with Crippen molar-refractivity contribution in [1.29, 1.82) is 0 Å². The fourth-order valence-electron chi connectivity index (χ4n) is 2.68. The average Bonchev–Trinajstić information content (AvgIpc) is 2.77. The first-order valence-electron chi connectivity index (χ1n) is 8.64. The number of esters is 1. The standard InChI is InChI=1S/C21H16N4O4/c1-27-21(26)14-7-9-15(10-8-14)28-19-17(22)20(25-12-24-19)29-16-6-2-4-13-5-3-11-23-18(13)16/h2-12H,22H2,1H3. The molecule has 0 saturated carbocycles. The minimum absolute atomic E-state index is 0.133. The Kier molecular flexibility index (Phi) is 4.90. The van der Waals surface area contributed by atoms with Crippen LogP contribution in [-0.2, 0) is 4.74 Å². The molecule has 0 bridgehead atoms. The molecule has 2 aromatic carbocycles. The van der Waals surface area contributed by atoms with E-state index in [1.165, 1.54) is 13.4 Å². The first-order valence-corrected chi connectivity index (χ1v) is 8.64. The van der Waals surface area contributed by atoms with E-state index >= 15 is 0 Å². The van der Waals surface area contributed by atoms with Gasteiger partial charge in [0.15, 0.2) is 11.4 Å². The molecule has 144 valence electrons. The lowest BCUT2D eigenvalue weighted by atomic mass is 10.2. The number of hydrogen-bond donors (Lipinski definition) is 1. The molecule has 0 aliphatic rings. The predicted molar refractivity (Wildman–Crippen MR) is 106 cm³/mol. The van der Waals surface area contributed by atoms with Crippen LogP contribution >= 0.6 is 0 Å². The third-order valence-corrected chi connectivity index (χ3v) is 4.10. The summed E-state index contributed by atoms with van der Waals surface area (Å²) in [5.41, 5.74) is 7.38. The monoisotopic (exact) mass is 388 g/mol. The Morgan fingerprint density at radius 3 is 2.38 bits per heavy atom. The zero-order valence-electron chi connectivity index (χ0n) is 15.4. The molecule has 0 spiro atoms. The number of nitrogens with two attached hydrogens (primary N) is 1. The van der Waals surface area contributed by atoms with Crippen LogP contribution in [-0.4, -0.2) is 28.0 Å². The molecule has 8 nitrogen and oxygen atoms in total. The van der Waals surface area contributed by atoms with Crippen molar-refractivity contribution in [3.05, 3.63) is 72.7 Å². The highest BCUT2D eigenvalue weighted by Crippen LogP contribution is 2.35. The number of ether oxygens (including phenoxy) is 3. The summed E-state index contributed by atoms with van der Waals surface area (Å²) in [6, 6.07) is 15.8. The van der Waals surface area contributed by atoms with E-state index in [-0.39, 0.29) is 17.4 Å². The number of carbonyl (C=O) groups excluding carboxylic acids is 1. The summed E-state index contributed by atoms with van der Waals surface area (Å²) >= 11 is 0. The van der Waals surface area contributed by atoms with Gasteiger partial charge in [0.1, 0.15) is 17.6 Å². The molecule has 0 fully saturated rings. The van der Waals surface area contributed by atoms with Crippen molar-refractivity contribution < 1.29 is 19.0 Å². The highest BCUT2D eigenvalue weighted by Gasteiger charge is 2.14. The van der Waals surface area contributed by atoms with Crippen LogP contribution in [0.1, 0.15) is 10.4 Å². The number of anilines is 1. The maximum Gasteiger partial charge on any atom is 0.337 e. The summed E-state index contributed by atoms with van der Waals surface area (Å²) in [6.45, 7) is 0. The van der Waals surface area contributed by atoms with Gasteiger partial charge in [0.05, 0.1) is 12.7 Å². The normalized spacial score (nSPS) is 10.5. The Morgan fingerprint density at radius 2 is 1.62 bits per heavy atom. The highest BCUT2D eigenvalue weighted by molar-refractivity contribution is 5.89. The third kappa shape index (κ3) is 3.77.